The van der Waals surface area contributed by atoms with Crippen molar-refractivity contribution in [1.29, 1.82) is 0 Å². The average molecular weight is 357 g/mol. The summed E-state index contributed by atoms with van der Waals surface area (Å²) in [5, 5.41) is 9.94. The van der Waals surface area contributed by atoms with E-state index in [0.717, 1.165) is 37.3 Å². The van der Waals surface area contributed by atoms with Crippen molar-refractivity contribution in [3.63, 3.8) is 0 Å². The van der Waals surface area contributed by atoms with E-state index < -0.39 is 0 Å². The van der Waals surface area contributed by atoms with Gasteiger partial charge in [0.05, 0.1) is 12.8 Å². The standard InChI is InChI=1S/C19H27N5O2/c1-12-8-16(9-19(20-12)26-4)15-6-5-7-24(11-15)13(2)17-10-18(23-22-17)21-14(3)25/h8-10,13,15H,5-7,11H2,1-4H3,(H2,21,22,23,25). The van der Waals surface area contributed by atoms with Gasteiger partial charge in [0.15, 0.2) is 5.82 Å². The lowest BCUT2D eigenvalue weighted by Gasteiger charge is -2.36. The van der Waals surface area contributed by atoms with Gasteiger partial charge in [-0.1, -0.05) is 0 Å². The Kier molecular flexibility index (Phi) is 5.56. The minimum absolute atomic E-state index is 0.115. The summed E-state index contributed by atoms with van der Waals surface area (Å²) in [6.07, 6.45) is 2.31. The molecular formula is C19H27N5O2. The van der Waals surface area contributed by atoms with Gasteiger partial charge < -0.3 is 10.1 Å². The first-order valence-electron chi connectivity index (χ1n) is 9.05. The highest BCUT2D eigenvalue weighted by Gasteiger charge is 2.27. The summed E-state index contributed by atoms with van der Waals surface area (Å²) in [6.45, 7) is 7.68. The van der Waals surface area contributed by atoms with Gasteiger partial charge >= 0.3 is 0 Å². The van der Waals surface area contributed by atoms with Crippen LogP contribution in [0.3, 0.4) is 0 Å². The van der Waals surface area contributed by atoms with Gasteiger partial charge in [-0.3, -0.25) is 14.8 Å². The van der Waals surface area contributed by atoms with Crippen LogP contribution < -0.4 is 10.1 Å². The van der Waals surface area contributed by atoms with Crippen molar-refractivity contribution in [2.45, 2.75) is 45.6 Å². The normalized spacial score (nSPS) is 19.2. The van der Waals surface area contributed by atoms with Crippen LogP contribution in [0.4, 0.5) is 5.82 Å². The highest BCUT2D eigenvalue weighted by molar-refractivity contribution is 5.87. The Balaban J connectivity index is 1.72. The number of methoxy groups -OCH3 is 1. The van der Waals surface area contributed by atoms with E-state index in [2.05, 4.69) is 44.5 Å². The molecule has 7 nitrogen and oxygen atoms in total. The molecule has 0 bridgehead atoms. The number of anilines is 1. The van der Waals surface area contributed by atoms with Gasteiger partial charge in [0.2, 0.25) is 11.8 Å². The molecule has 2 N–H and O–H groups in total. The maximum absolute atomic E-state index is 11.2. The molecule has 0 aromatic carbocycles. The largest absolute Gasteiger partial charge is 0.481 e. The zero-order valence-corrected chi connectivity index (χ0v) is 15.9. The predicted octanol–water partition coefficient (Wildman–Crippen LogP) is 3.02. The van der Waals surface area contributed by atoms with Gasteiger partial charge in [-0.15, -0.1) is 0 Å². The van der Waals surface area contributed by atoms with E-state index >= 15 is 0 Å². The topological polar surface area (TPSA) is 83.1 Å². The van der Waals surface area contributed by atoms with Crippen LogP contribution in [0, 0.1) is 6.92 Å². The van der Waals surface area contributed by atoms with Gasteiger partial charge in [0.25, 0.3) is 0 Å². The number of aromatic nitrogens is 3. The van der Waals surface area contributed by atoms with Crippen molar-refractivity contribution in [3.05, 3.63) is 35.2 Å². The number of aromatic amines is 1. The third kappa shape index (κ3) is 4.22. The molecule has 0 saturated carbocycles. The van der Waals surface area contributed by atoms with E-state index in [-0.39, 0.29) is 11.9 Å². The molecule has 2 atom stereocenters. The number of pyridine rings is 1. The summed E-state index contributed by atoms with van der Waals surface area (Å²) in [4.78, 5) is 18.0. The van der Waals surface area contributed by atoms with E-state index in [1.807, 2.05) is 13.0 Å². The Morgan fingerprint density at radius 2 is 2.23 bits per heavy atom. The summed E-state index contributed by atoms with van der Waals surface area (Å²) in [5.74, 6) is 1.59. The second kappa shape index (κ2) is 7.86. The zero-order chi connectivity index (χ0) is 18.7. The lowest BCUT2D eigenvalue weighted by molar-refractivity contribution is -0.114. The Morgan fingerprint density at radius 1 is 1.42 bits per heavy atom. The Bertz CT molecular complexity index is 773. The first-order chi connectivity index (χ1) is 12.5. The van der Waals surface area contributed by atoms with Gasteiger partial charge in [0.1, 0.15) is 0 Å². The molecule has 1 fully saturated rings. The quantitative estimate of drug-likeness (QED) is 0.859. The number of hydrogen-bond acceptors (Lipinski definition) is 5. The van der Waals surface area contributed by atoms with Gasteiger partial charge in [-0.2, -0.15) is 5.10 Å². The molecule has 3 heterocycles. The molecular weight excluding hydrogens is 330 g/mol. The molecule has 2 unspecified atom stereocenters. The van der Waals surface area contributed by atoms with Crippen LogP contribution >= 0.6 is 0 Å². The molecule has 26 heavy (non-hydrogen) atoms. The van der Waals surface area contributed by atoms with Gasteiger partial charge in [-0.05, 0) is 50.8 Å². The lowest BCUT2D eigenvalue weighted by Crippen LogP contribution is -2.36. The number of likely N-dealkylation sites (tertiary alicyclic amines) is 1. The van der Waals surface area contributed by atoms with E-state index in [9.17, 15) is 4.79 Å². The Labute approximate surface area is 154 Å². The minimum atomic E-state index is -0.115. The summed E-state index contributed by atoms with van der Waals surface area (Å²) >= 11 is 0. The van der Waals surface area contributed by atoms with Gasteiger partial charge in [-0.25, -0.2) is 4.98 Å². The van der Waals surface area contributed by atoms with Crippen LogP contribution in [0.25, 0.3) is 0 Å². The van der Waals surface area contributed by atoms with Crippen molar-refractivity contribution >= 4 is 11.7 Å². The number of carbonyl (C=O) groups is 1. The monoisotopic (exact) mass is 357 g/mol. The van der Waals surface area contributed by atoms with Crippen molar-refractivity contribution in [2.75, 3.05) is 25.5 Å². The average Bonchev–Trinajstić information content (AvgIpc) is 3.08. The molecule has 2 aromatic rings. The van der Waals surface area contributed by atoms with Crippen LogP contribution in [0.5, 0.6) is 5.88 Å². The zero-order valence-electron chi connectivity index (χ0n) is 15.9. The second-order valence-electron chi connectivity index (χ2n) is 6.98. The third-order valence-electron chi connectivity index (χ3n) is 4.99. The highest BCUT2D eigenvalue weighted by Crippen LogP contribution is 2.33. The number of nitrogens with one attached hydrogen (secondary N) is 2. The first-order valence-corrected chi connectivity index (χ1v) is 9.05. The molecule has 0 radical (unpaired) electrons. The molecule has 1 amide bonds. The molecule has 0 spiro atoms. The minimum Gasteiger partial charge on any atom is -0.481 e. The number of H-pyrrole nitrogens is 1. The SMILES string of the molecule is COc1cc(C2CCCN(C(C)c3cc(NC(C)=O)n[nH]3)C2)cc(C)n1. The molecule has 1 saturated heterocycles. The Morgan fingerprint density at radius 3 is 2.96 bits per heavy atom. The fraction of sp³-hybridized carbons (Fsp3) is 0.526. The van der Waals surface area contributed by atoms with Crippen molar-refractivity contribution < 1.29 is 9.53 Å². The van der Waals surface area contributed by atoms with Gasteiger partial charge in [0, 0.05) is 37.3 Å². The van der Waals surface area contributed by atoms with E-state index in [1.165, 1.54) is 12.5 Å². The van der Waals surface area contributed by atoms with Crippen LogP contribution in [-0.2, 0) is 4.79 Å². The van der Waals surface area contributed by atoms with Crippen LogP contribution in [0.1, 0.15) is 55.6 Å². The summed E-state index contributed by atoms with van der Waals surface area (Å²) in [7, 11) is 1.66. The van der Waals surface area contributed by atoms with Crippen molar-refractivity contribution in [2.24, 2.45) is 0 Å². The fourth-order valence-electron chi connectivity index (χ4n) is 3.63. The number of amides is 1. The first kappa shape index (κ1) is 18.4. The van der Waals surface area contributed by atoms with Crippen LogP contribution in [0.15, 0.2) is 18.2 Å². The van der Waals surface area contributed by atoms with E-state index in [1.54, 1.807) is 7.11 Å². The lowest BCUT2D eigenvalue weighted by atomic mass is 9.90. The van der Waals surface area contributed by atoms with Crippen LogP contribution in [-0.4, -0.2) is 46.2 Å². The highest BCUT2D eigenvalue weighted by atomic mass is 16.5. The molecule has 7 heteroatoms. The molecule has 2 aromatic heterocycles. The number of ether oxygens (including phenoxy) is 1. The summed E-state index contributed by atoms with van der Waals surface area (Å²) < 4.78 is 5.33. The number of hydrogen-bond donors (Lipinski definition) is 2. The number of piperidine rings is 1. The fourth-order valence-corrected chi connectivity index (χ4v) is 3.63. The summed E-state index contributed by atoms with van der Waals surface area (Å²) in [6, 6.07) is 6.33. The molecule has 140 valence electrons. The van der Waals surface area contributed by atoms with Crippen molar-refractivity contribution in [1.82, 2.24) is 20.1 Å². The van der Waals surface area contributed by atoms with E-state index in [0.29, 0.717) is 17.6 Å². The predicted molar refractivity (Wildman–Crippen MR) is 100 cm³/mol. The molecule has 3 rings (SSSR count). The van der Waals surface area contributed by atoms with Crippen LogP contribution in [0.2, 0.25) is 0 Å². The molecule has 0 aliphatic carbocycles. The second-order valence-corrected chi connectivity index (χ2v) is 6.98. The molecule has 1 aliphatic heterocycles. The number of aryl methyl sites for hydroxylation is 1. The van der Waals surface area contributed by atoms with E-state index in [4.69, 9.17) is 4.74 Å². The third-order valence-corrected chi connectivity index (χ3v) is 4.99. The smallest absolute Gasteiger partial charge is 0.222 e. The van der Waals surface area contributed by atoms with Crippen molar-refractivity contribution in [3.8, 4) is 5.88 Å². The Hall–Kier alpha value is -2.41. The number of rotatable bonds is 5. The maximum atomic E-state index is 11.2. The number of carbonyl (C=O) groups excluding carboxylic acids is 1. The number of nitrogens with zero attached hydrogens (tertiary/aromatic N) is 3. The molecule has 1 aliphatic rings. The maximum Gasteiger partial charge on any atom is 0.222 e. The summed E-state index contributed by atoms with van der Waals surface area (Å²) in [5.41, 5.74) is 3.28.